The Morgan fingerprint density at radius 2 is 1.78 bits per heavy atom. The molecule has 0 aromatic heterocycles. The van der Waals surface area contributed by atoms with Crippen molar-refractivity contribution in [2.75, 3.05) is 18.8 Å². The van der Waals surface area contributed by atoms with Crippen molar-refractivity contribution in [1.29, 1.82) is 0 Å². The largest absolute Gasteiger partial charge is 0.362 e. The molecule has 172 valence electrons. The molecule has 0 radical (unpaired) electrons. The van der Waals surface area contributed by atoms with E-state index in [2.05, 4.69) is 5.32 Å². The fourth-order valence-corrected chi connectivity index (χ4v) is 4.27. The van der Waals surface area contributed by atoms with Gasteiger partial charge in [0.25, 0.3) is 0 Å². The van der Waals surface area contributed by atoms with E-state index in [1.807, 2.05) is 66.9 Å². The van der Waals surface area contributed by atoms with E-state index in [0.717, 1.165) is 11.1 Å². The van der Waals surface area contributed by atoms with E-state index in [-0.39, 0.29) is 12.0 Å². The first-order chi connectivity index (χ1) is 15.7. The number of carbonyl (C=O) groups excluding carboxylic acids is 1. The molecule has 2 fully saturated rings. The predicted molar refractivity (Wildman–Crippen MR) is 121 cm³/mol. The lowest BCUT2D eigenvalue weighted by Crippen LogP contribution is -2.67. The molecule has 0 spiro atoms. The number of benzene rings is 2. The molecule has 32 heavy (non-hydrogen) atoms. The maximum Gasteiger partial charge on any atom is 0.217 e. The van der Waals surface area contributed by atoms with Crippen LogP contribution in [0.1, 0.15) is 24.3 Å². The molecule has 4 rings (SSSR count). The molecule has 2 aromatic carbocycles. The number of amides is 1. The highest BCUT2D eigenvalue weighted by Crippen LogP contribution is 2.36. The van der Waals surface area contributed by atoms with Gasteiger partial charge in [-0.15, -0.1) is 11.8 Å². The number of hydrogen-bond acceptors (Lipinski definition) is 7. The van der Waals surface area contributed by atoms with Crippen molar-refractivity contribution in [2.24, 2.45) is 0 Å². The second-order valence-electron chi connectivity index (χ2n) is 7.78. The molecule has 2 saturated heterocycles. The average molecular weight is 460 g/mol. The van der Waals surface area contributed by atoms with Crippen molar-refractivity contribution in [2.45, 2.75) is 50.5 Å². The van der Waals surface area contributed by atoms with Crippen LogP contribution in [-0.4, -0.2) is 55.4 Å². The van der Waals surface area contributed by atoms with Crippen LogP contribution in [-0.2, 0) is 35.1 Å². The minimum atomic E-state index is -0.701. The Bertz CT molecular complexity index is 854. The van der Waals surface area contributed by atoms with Crippen molar-refractivity contribution in [1.82, 2.24) is 5.32 Å². The Morgan fingerprint density at radius 1 is 1.06 bits per heavy atom. The van der Waals surface area contributed by atoms with E-state index in [1.165, 1.54) is 6.92 Å². The summed E-state index contributed by atoms with van der Waals surface area (Å²) in [6.45, 7) is 2.16. The zero-order chi connectivity index (χ0) is 22.3. The summed E-state index contributed by atoms with van der Waals surface area (Å²) in [7, 11) is 0. The van der Waals surface area contributed by atoms with Crippen LogP contribution in [0.2, 0.25) is 0 Å². The van der Waals surface area contributed by atoms with Crippen LogP contribution in [0.4, 0.5) is 0 Å². The molecule has 0 aliphatic carbocycles. The number of ether oxygens (including phenoxy) is 5. The van der Waals surface area contributed by atoms with E-state index in [9.17, 15) is 4.79 Å². The number of hydrogen-bond donors (Lipinski definition) is 1. The van der Waals surface area contributed by atoms with Gasteiger partial charge in [-0.2, -0.15) is 0 Å². The summed E-state index contributed by atoms with van der Waals surface area (Å²) in [5.74, 6) is 0.269. The average Bonchev–Trinajstić information content (AvgIpc) is 2.82. The van der Waals surface area contributed by atoms with Gasteiger partial charge < -0.3 is 29.0 Å². The first-order valence-corrected chi connectivity index (χ1v) is 12.1. The minimum Gasteiger partial charge on any atom is -0.362 e. The zero-order valence-corrected chi connectivity index (χ0v) is 19.0. The topological polar surface area (TPSA) is 75.3 Å². The van der Waals surface area contributed by atoms with Crippen LogP contribution in [0, 0.1) is 0 Å². The van der Waals surface area contributed by atoms with E-state index >= 15 is 0 Å². The molecule has 1 N–H and O–H groups in total. The standard InChI is InChI=1S/C24H29NO6S/c1-16(26)25-20-22(29-15-32-2)21-19(14-28-23(31-21)18-11-7-4-8-12-18)30-24(20)27-13-17-9-5-3-6-10-17/h3-12,19-24H,13-15H2,1-2H3,(H,25,26). The maximum atomic E-state index is 12.0. The van der Waals surface area contributed by atoms with Crippen molar-refractivity contribution in [3.63, 3.8) is 0 Å². The summed E-state index contributed by atoms with van der Waals surface area (Å²) in [6.07, 6.45) is -0.525. The van der Waals surface area contributed by atoms with Crippen LogP contribution in [0.25, 0.3) is 0 Å². The lowest BCUT2D eigenvalue weighted by atomic mass is 9.95. The number of nitrogens with one attached hydrogen (secondary N) is 1. The van der Waals surface area contributed by atoms with E-state index < -0.39 is 30.8 Å². The van der Waals surface area contributed by atoms with Gasteiger partial charge in [-0.3, -0.25) is 4.79 Å². The van der Waals surface area contributed by atoms with Crippen molar-refractivity contribution in [3.8, 4) is 0 Å². The fourth-order valence-electron chi connectivity index (χ4n) is 3.98. The van der Waals surface area contributed by atoms with Crippen LogP contribution in [0.5, 0.6) is 0 Å². The fraction of sp³-hybridized carbons (Fsp3) is 0.458. The van der Waals surface area contributed by atoms with Gasteiger partial charge >= 0.3 is 0 Å². The van der Waals surface area contributed by atoms with Crippen molar-refractivity contribution < 1.29 is 28.5 Å². The molecular formula is C24H29NO6S. The predicted octanol–water partition coefficient (Wildman–Crippen LogP) is 3.25. The quantitative estimate of drug-likeness (QED) is 0.608. The van der Waals surface area contributed by atoms with Crippen molar-refractivity contribution >= 4 is 17.7 Å². The van der Waals surface area contributed by atoms with E-state index in [4.69, 9.17) is 23.7 Å². The SMILES string of the molecule is CSCOC1C(NC(C)=O)C(OCc2ccccc2)OC2COC(c3ccccc3)OC21. The van der Waals surface area contributed by atoms with Gasteiger partial charge in [0.2, 0.25) is 5.91 Å². The highest BCUT2D eigenvalue weighted by atomic mass is 32.2. The zero-order valence-electron chi connectivity index (χ0n) is 18.2. The number of rotatable bonds is 8. The Hall–Kier alpha value is -1.94. The van der Waals surface area contributed by atoms with Crippen LogP contribution < -0.4 is 5.32 Å². The van der Waals surface area contributed by atoms with Crippen LogP contribution in [0.3, 0.4) is 0 Å². The summed E-state index contributed by atoms with van der Waals surface area (Å²) < 4.78 is 30.8. The number of carbonyl (C=O) groups is 1. The molecule has 2 aliphatic heterocycles. The van der Waals surface area contributed by atoms with Gasteiger partial charge in [-0.05, 0) is 11.8 Å². The summed E-state index contributed by atoms with van der Waals surface area (Å²) in [4.78, 5) is 12.0. The molecule has 0 saturated carbocycles. The highest BCUT2D eigenvalue weighted by molar-refractivity contribution is 7.98. The second kappa shape index (κ2) is 11.3. The Morgan fingerprint density at radius 3 is 2.47 bits per heavy atom. The monoisotopic (exact) mass is 459 g/mol. The Balaban J connectivity index is 1.54. The summed E-state index contributed by atoms with van der Waals surface area (Å²) >= 11 is 1.56. The molecule has 6 atom stereocenters. The van der Waals surface area contributed by atoms with Crippen LogP contribution in [0.15, 0.2) is 60.7 Å². The van der Waals surface area contributed by atoms with Gasteiger partial charge in [-0.25, -0.2) is 0 Å². The molecule has 7 nitrogen and oxygen atoms in total. The van der Waals surface area contributed by atoms with Gasteiger partial charge in [0.15, 0.2) is 12.6 Å². The molecule has 0 bridgehead atoms. The summed E-state index contributed by atoms with van der Waals surface area (Å²) in [5.41, 5.74) is 1.94. The summed E-state index contributed by atoms with van der Waals surface area (Å²) in [6, 6.07) is 19.1. The van der Waals surface area contributed by atoms with Gasteiger partial charge in [0, 0.05) is 12.5 Å². The van der Waals surface area contributed by atoms with Crippen LogP contribution >= 0.6 is 11.8 Å². The van der Waals surface area contributed by atoms with E-state index in [1.54, 1.807) is 11.8 Å². The molecule has 8 heteroatoms. The first kappa shape index (κ1) is 23.2. The second-order valence-corrected chi connectivity index (χ2v) is 8.59. The first-order valence-electron chi connectivity index (χ1n) is 10.7. The highest BCUT2D eigenvalue weighted by Gasteiger charge is 2.51. The smallest absolute Gasteiger partial charge is 0.217 e. The number of fused-ring (bicyclic) bond motifs is 1. The normalized spacial score (nSPS) is 29.8. The molecule has 2 aromatic rings. The molecular weight excluding hydrogens is 430 g/mol. The number of thioether (sulfide) groups is 1. The lowest BCUT2D eigenvalue weighted by molar-refractivity contribution is -0.348. The lowest BCUT2D eigenvalue weighted by Gasteiger charge is -2.49. The minimum absolute atomic E-state index is 0.185. The Kier molecular flexibility index (Phi) is 8.18. The molecule has 6 unspecified atom stereocenters. The van der Waals surface area contributed by atoms with Gasteiger partial charge in [0.1, 0.15) is 24.4 Å². The van der Waals surface area contributed by atoms with E-state index in [0.29, 0.717) is 19.2 Å². The maximum absolute atomic E-state index is 12.0. The van der Waals surface area contributed by atoms with Crippen molar-refractivity contribution in [3.05, 3.63) is 71.8 Å². The third-order valence-corrected chi connectivity index (χ3v) is 5.79. The molecule has 1 amide bonds. The molecule has 2 aliphatic rings. The Labute approximate surface area is 192 Å². The third kappa shape index (κ3) is 5.70. The van der Waals surface area contributed by atoms with Gasteiger partial charge in [-0.1, -0.05) is 60.7 Å². The summed E-state index contributed by atoms with van der Waals surface area (Å²) in [5, 5.41) is 2.97. The van der Waals surface area contributed by atoms with Gasteiger partial charge in [0.05, 0.1) is 19.2 Å². The molecule has 2 heterocycles. The third-order valence-electron chi connectivity index (χ3n) is 5.42.